The minimum atomic E-state index is 0.266. The first-order chi connectivity index (χ1) is 4.88. The maximum atomic E-state index is 11.1. The molecule has 1 amide bonds. The molecule has 2 rings (SSSR count). The Morgan fingerprint density at radius 3 is 3.10 bits per heavy atom. The van der Waals surface area contributed by atoms with Gasteiger partial charge in [0.1, 0.15) is 5.84 Å². The summed E-state index contributed by atoms with van der Waals surface area (Å²) >= 11 is 0. The lowest BCUT2D eigenvalue weighted by Crippen LogP contribution is -2.35. The molecule has 3 heteroatoms. The largest absolute Gasteiger partial charge is 0.301 e. The zero-order chi connectivity index (χ0) is 6.97. The summed E-state index contributed by atoms with van der Waals surface area (Å²) in [6.07, 6.45) is 2.72. The quantitative estimate of drug-likeness (QED) is 0.477. The number of carbonyl (C=O) groups excluding carboxylic acids is 1. The van der Waals surface area contributed by atoms with E-state index in [0.29, 0.717) is 13.0 Å². The molecule has 54 valence electrons. The average molecular weight is 138 g/mol. The maximum absolute atomic E-state index is 11.1. The summed E-state index contributed by atoms with van der Waals surface area (Å²) in [5.74, 6) is 1.29. The van der Waals surface area contributed by atoms with Gasteiger partial charge in [-0.1, -0.05) is 0 Å². The van der Waals surface area contributed by atoms with Crippen molar-refractivity contribution in [3.8, 4) is 0 Å². The molecule has 2 heterocycles. The number of aliphatic imine (C=N–C) groups is 1. The molecule has 10 heavy (non-hydrogen) atoms. The van der Waals surface area contributed by atoms with Crippen LogP contribution >= 0.6 is 0 Å². The summed E-state index contributed by atoms with van der Waals surface area (Å²) in [6, 6.07) is 0. The van der Waals surface area contributed by atoms with Crippen molar-refractivity contribution >= 4 is 11.7 Å². The highest BCUT2D eigenvalue weighted by Crippen LogP contribution is 2.16. The van der Waals surface area contributed by atoms with E-state index in [1.165, 1.54) is 0 Å². The van der Waals surface area contributed by atoms with Crippen LogP contribution in [0, 0.1) is 0 Å². The summed E-state index contributed by atoms with van der Waals surface area (Å²) < 4.78 is 0. The summed E-state index contributed by atoms with van der Waals surface area (Å²) in [5.41, 5.74) is 0. The van der Waals surface area contributed by atoms with Crippen molar-refractivity contribution in [2.75, 3.05) is 13.1 Å². The van der Waals surface area contributed by atoms with Gasteiger partial charge in [0.2, 0.25) is 5.91 Å². The highest BCUT2D eigenvalue weighted by atomic mass is 16.2. The third-order valence-corrected chi connectivity index (χ3v) is 2.01. The first-order valence-corrected chi connectivity index (χ1v) is 3.71. The molecule has 2 aliphatic rings. The van der Waals surface area contributed by atoms with Crippen molar-refractivity contribution in [2.24, 2.45) is 4.99 Å². The van der Waals surface area contributed by atoms with Crippen LogP contribution in [0.1, 0.15) is 19.3 Å². The molecule has 0 spiro atoms. The van der Waals surface area contributed by atoms with Crippen LogP contribution < -0.4 is 0 Å². The monoisotopic (exact) mass is 138 g/mol. The fraction of sp³-hybridized carbons (Fsp3) is 0.714. The van der Waals surface area contributed by atoms with Crippen LogP contribution in [0.4, 0.5) is 0 Å². The molecule has 2 aliphatic heterocycles. The van der Waals surface area contributed by atoms with Crippen LogP contribution in [0.25, 0.3) is 0 Å². The Hall–Kier alpha value is -0.860. The molecule has 3 nitrogen and oxygen atoms in total. The van der Waals surface area contributed by atoms with E-state index in [0.717, 1.165) is 25.2 Å². The molecule has 0 aliphatic carbocycles. The minimum Gasteiger partial charge on any atom is -0.301 e. The highest BCUT2D eigenvalue weighted by Gasteiger charge is 2.26. The Labute approximate surface area is 59.7 Å². The van der Waals surface area contributed by atoms with Gasteiger partial charge in [0.05, 0.1) is 0 Å². The Morgan fingerprint density at radius 1 is 1.40 bits per heavy atom. The zero-order valence-corrected chi connectivity index (χ0v) is 5.84. The predicted octanol–water partition coefficient (Wildman–Crippen LogP) is 0.411. The summed E-state index contributed by atoms with van der Waals surface area (Å²) in [7, 11) is 0. The molecule has 0 aromatic carbocycles. The first kappa shape index (κ1) is 5.89. The lowest BCUT2D eigenvalue weighted by atomic mass is 10.3. The van der Waals surface area contributed by atoms with Crippen LogP contribution in [0.2, 0.25) is 0 Å². The Bertz CT molecular complexity index is 198. The van der Waals surface area contributed by atoms with Crippen molar-refractivity contribution < 1.29 is 4.79 Å². The molecule has 0 N–H and O–H groups in total. The number of carbonyl (C=O) groups is 1. The van der Waals surface area contributed by atoms with Gasteiger partial charge in [0, 0.05) is 25.9 Å². The van der Waals surface area contributed by atoms with Gasteiger partial charge in [-0.3, -0.25) is 9.79 Å². The second-order valence-electron chi connectivity index (χ2n) is 2.70. The van der Waals surface area contributed by atoms with E-state index in [1.807, 2.05) is 4.90 Å². The zero-order valence-electron chi connectivity index (χ0n) is 5.84. The van der Waals surface area contributed by atoms with Gasteiger partial charge in [-0.05, 0) is 6.42 Å². The van der Waals surface area contributed by atoms with Crippen molar-refractivity contribution in [2.45, 2.75) is 19.3 Å². The molecule has 0 aromatic rings. The number of hydrogen-bond acceptors (Lipinski definition) is 2. The number of nitrogens with zero attached hydrogens (tertiary/aromatic N) is 2. The number of rotatable bonds is 0. The van der Waals surface area contributed by atoms with E-state index in [2.05, 4.69) is 4.99 Å². The van der Waals surface area contributed by atoms with Crippen LogP contribution in [-0.2, 0) is 4.79 Å². The fourth-order valence-electron chi connectivity index (χ4n) is 1.51. The van der Waals surface area contributed by atoms with E-state index in [4.69, 9.17) is 0 Å². The lowest BCUT2D eigenvalue weighted by molar-refractivity contribution is -0.127. The van der Waals surface area contributed by atoms with Crippen LogP contribution in [0.3, 0.4) is 0 Å². The van der Waals surface area contributed by atoms with E-state index in [1.54, 1.807) is 0 Å². The molecule has 0 radical (unpaired) electrons. The lowest BCUT2D eigenvalue weighted by Gasteiger charge is -2.20. The standard InChI is InChI=1S/C7H10N2O/c10-7-3-4-8-6-2-1-5-9(6)7/h1-5H2. The van der Waals surface area contributed by atoms with Gasteiger partial charge in [-0.2, -0.15) is 0 Å². The molecular formula is C7H10N2O. The number of amidine groups is 1. The van der Waals surface area contributed by atoms with Gasteiger partial charge in [-0.25, -0.2) is 0 Å². The minimum absolute atomic E-state index is 0.266. The van der Waals surface area contributed by atoms with Crippen molar-refractivity contribution in [1.29, 1.82) is 0 Å². The molecule has 0 aromatic heterocycles. The topological polar surface area (TPSA) is 32.7 Å². The van der Waals surface area contributed by atoms with E-state index in [9.17, 15) is 4.79 Å². The average Bonchev–Trinajstić information content (AvgIpc) is 2.36. The summed E-state index contributed by atoms with van der Waals surface area (Å²) in [4.78, 5) is 17.2. The van der Waals surface area contributed by atoms with Crippen LogP contribution in [0.5, 0.6) is 0 Å². The highest BCUT2D eigenvalue weighted by molar-refractivity contribution is 6.01. The van der Waals surface area contributed by atoms with Crippen molar-refractivity contribution in [3.05, 3.63) is 0 Å². The van der Waals surface area contributed by atoms with E-state index in [-0.39, 0.29) is 5.91 Å². The van der Waals surface area contributed by atoms with Crippen molar-refractivity contribution in [3.63, 3.8) is 0 Å². The number of amides is 1. The summed E-state index contributed by atoms with van der Waals surface area (Å²) in [6.45, 7) is 1.61. The Kier molecular flexibility index (Phi) is 1.22. The van der Waals surface area contributed by atoms with Crippen molar-refractivity contribution in [1.82, 2.24) is 4.90 Å². The molecule has 1 fully saturated rings. The molecule has 0 unspecified atom stereocenters. The SMILES string of the molecule is O=C1CCN=C2CCCN12. The third kappa shape index (κ3) is 0.735. The number of fused-ring (bicyclic) bond motifs is 1. The van der Waals surface area contributed by atoms with Crippen LogP contribution in [0.15, 0.2) is 4.99 Å². The third-order valence-electron chi connectivity index (χ3n) is 2.01. The maximum Gasteiger partial charge on any atom is 0.229 e. The second-order valence-corrected chi connectivity index (χ2v) is 2.70. The molecular weight excluding hydrogens is 128 g/mol. The van der Waals surface area contributed by atoms with Gasteiger partial charge >= 0.3 is 0 Å². The van der Waals surface area contributed by atoms with E-state index >= 15 is 0 Å². The van der Waals surface area contributed by atoms with E-state index < -0.39 is 0 Å². The summed E-state index contributed by atoms with van der Waals surface area (Å²) in [5, 5.41) is 0. The van der Waals surface area contributed by atoms with Gasteiger partial charge in [0.25, 0.3) is 0 Å². The molecule has 0 atom stereocenters. The smallest absolute Gasteiger partial charge is 0.229 e. The predicted molar refractivity (Wildman–Crippen MR) is 37.9 cm³/mol. The Morgan fingerprint density at radius 2 is 2.30 bits per heavy atom. The normalized spacial score (nSPS) is 24.6. The van der Waals surface area contributed by atoms with Gasteiger partial charge in [0.15, 0.2) is 0 Å². The molecule has 1 saturated heterocycles. The number of hydrogen-bond donors (Lipinski definition) is 0. The fourth-order valence-corrected chi connectivity index (χ4v) is 1.51. The van der Waals surface area contributed by atoms with Gasteiger partial charge < -0.3 is 4.90 Å². The first-order valence-electron chi connectivity index (χ1n) is 3.71. The molecule has 0 saturated carbocycles. The Balaban J connectivity index is 2.26. The molecule has 0 bridgehead atoms. The second kappa shape index (κ2) is 2.08. The van der Waals surface area contributed by atoms with Crippen LogP contribution in [-0.4, -0.2) is 29.7 Å². The van der Waals surface area contributed by atoms with Gasteiger partial charge in [-0.15, -0.1) is 0 Å².